The summed E-state index contributed by atoms with van der Waals surface area (Å²) in [5, 5.41) is 18.1. The molecule has 0 unspecified atom stereocenters. The Morgan fingerprint density at radius 3 is 2.60 bits per heavy atom. The number of carbonyl (C=O) groups excluding carboxylic acids is 1. The van der Waals surface area contributed by atoms with Gasteiger partial charge in [-0.05, 0) is 53.9 Å². The third-order valence-corrected chi connectivity index (χ3v) is 5.89. The van der Waals surface area contributed by atoms with E-state index in [0.29, 0.717) is 16.9 Å². The number of nitrogens with zero attached hydrogens (tertiary/aromatic N) is 4. The first-order chi connectivity index (χ1) is 14.7. The molecule has 0 bridgehead atoms. The predicted molar refractivity (Wildman–Crippen MR) is 122 cm³/mol. The van der Waals surface area contributed by atoms with Gasteiger partial charge in [0, 0.05) is 21.3 Å². The molecule has 1 amide bonds. The number of amides is 1. The van der Waals surface area contributed by atoms with E-state index in [-0.39, 0.29) is 5.91 Å². The van der Waals surface area contributed by atoms with Gasteiger partial charge in [0.25, 0.3) is 5.91 Å². The molecule has 5 rings (SSSR count). The number of halogens is 1. The van der Waals surface area contributed by atoms with Gasteiger partial charge in [0.2, 0.25) is 0 Å². The van der Waals surface area contributed by atoms with E-state index >= 15 is 0 Å². The zero-order valence-electron chi connectivity index (χ0n) is 15.5. The van der Waals surface area contributed by atoms with Crippen LogP contribution in [0, 0.1) is 0 Å². The molecule has 146 valence electrons. The molecule has 0 radical (unpaired) electrons. The van der Waals surface area contributed by atoms with E-state index in [1.165, 1.54) is 0 Å². The molecular formula is C22H14BrN5OS. The summed E-state index contributed by atoms with van der Waals surface area (Å²) < 4.78 is 2.62. The van der Waals surface area contributed by atoms with E-state index in [2.05, 4.69) is 31.4 Å². The van der Waals surface area contributed by atoms with Gasteiger partial charge in [-0.2, -0.15) is 9.61 Å². The van der Waals surface area contributed by atoms with Crippen LogP contribution in [0.1, 0.15) is 10.4 Å². The Morgan fingerprint density at radius 2 is 1.83 bits per heavy atom. The molecule has 0 aliphatic carbocycles. The highest BCUT2D eigenvalue weighted by atomic mass is 79.9. The highest BCUT2D eigenvalue weighted by molar-refractivity contribution is 9.10. The minimum Gasteiger partial charge on any atom is -0.322 e. The van der Waals surface area contributed by atoms with Crippen LogP contribution in [0.15, 0.2) is 82.6 Å². The monoisotopic (exact) mass is 475 g/mol. The summed E-state index contributed by atoms with van der Waals surface area (Å²) in [5.74, 6) is 0.563. The van der Waals surface area contributed by atoms with Crippen molar-refractivity contribution in [3.63, 3.8) is 0 Å². The number of anilines is 1. The predicted octanol–water partition coefficient (Wildman–Crippen LogP) is 5.53. The van der Waals surface area contributed by atoms with Crippen LogP contribution in [0.25, 0.3) is 27.6 Å². The van der Waals surface area contributed by atoms with Crippen LogP contribution >= 0.6 is 27.3 Å². The lowest BCUT2D eigenvalue weighted by atomic mass is 10.1. The number of aromatic nitrogens is 4. The van der Waals surface area contributed by atoms with Crippen LogP contribution in [0.2, 0.25) is 0 Å². The van der Waals surface area contributed by atoms with Crippen molar-refractivity contribution >= 4 is 44.5 Å². The van der Waals surface area contributed by atoms with Crippen molar-refractivity contribution in [3.05, 3.63) is 88.2 Å². The normalized spacial score (nSPS) is 11.0. The maximum Gasteiger partial charge on any atom is 0.255 e. The second-order valence-corrected chi connectivity index (χ2v) is 8.39. The van der Waals surface area contributed by atoms with Gasteiger partial charge >= 0.3 is 0 Å². The van der Waals surface area contributed by atoms with Crippen LogP contribution in [0.5, 0.6) is 0 Å². The lowest BCUT2D eigenvalue weighted by Gasteiger charge is -2.07. The maximum atomic E-state index is 12.4. The molecule has 0 saturated carbocycles. The molecule has 0 atom stereocenters. The summed E-state index contributed by atoms with van der Waals surface area (Å²) in [7, 11) is 0. The number of benzene rings is 2. The van der Waals surface area contributed by atoms with Gasteiger partial charge in [-0.25, -0.2) is 0 Å². The van der Waals surface area contributed by atoms with E-state index in [1.54, 1.807) is 28.0 Å². The molecule has 3 heterocycles. The second-order valence-electron chi connectivity index (χ2n) is 6.53. The van der Waals surface area contributed by atoms with E-state index in [1.807, 2.05) is 66.0 Å². The summed E-state index contributed by atoms with van der Waals surface area (Å²) in [5.41, 5.74) is 3.73. The molecule has 8 heteroatoms. The first kappa shape index (κ1) is 18.7. The van der Waals surface area contributed by atoms with E-state index in [0.717, 1.165) is 26.4 Å². The zero-order valence-corrected chi connectivity index (χ0v) is 17.9. The first-order valence-corrected chi connectivity index (χ1v) is 10.8. The lowest BCUT2D eigenvalue weighted by molar-refractivity contribution is 0.102. The molecule has 30 heavy (non-hydrogen) atoms. The van der Waals surface area contributed by atoms with Crippen molar-refractivity contribution in [2.75, 3.05) is 5.32 Å². The molecule has 0 saturated heterocycles. The van der Waals surface area contributed by atoms with Crippen LogP contribution in [-0.4, -0.2) is 25.7 Å². The van der Waals surface area contributed by atoms with Crippen molar-refractivity contribution in [1.29, 1.82) is 0 Å². The summed E-state index contributed by atoms with van der Waals surface area (Å²) in [6.45, 7) is 0. The van der Waals surface area contributed by atoms with Gasteiger partial charge in [0.15, 0.2) is 11.5 Å². The molecule has 0 fully saturated rings. The SMILES string of the molecule is O=C(Nc1ccc(-c2ccc3nnc(-c4cccs4)n3n2)cc1)c1cccc(Br)c1. The van der Waals surface area contributed by atoms with Crippen molar-refractivity contribution in [2.45, 2.75) is 0 Å². The van der Waals surface area contributed by atoms with Gasteiger partial charge in [-0.15, -0.1) is 21.5 Å². The van der Waals surface area contributed by atoms with Crippen molar-refractivity contribution < 1.29 is 4.79 Å². The Hall–Kier alpha value is -3.36. The molecular weight excluding hydrogens is 462 g/mol. The Labute approximate surface area is 184 Å². The lowest BCUT2D eigenvalue weighted by Crippen LogP contribution is -2.11. The summed E-state index contributed by atoms with van der Waals surface area (Å²) in [6, 6.07) is 22.7. The maximum absolute atomic E-state index is 12.4. The van der Waals surface area contributed by atoms with E-state index < -0.39 is 0 Å². The van der Waals surface area contributed by atoms with Gasteiger partial charge < -0.3 is 5.32 Å². The topological polar surface area (TPSA) is 72.2 Å². The van der Waals surface area contributed by atoms with Gasteiger partial charge in [-0.3, -0.25) is 4.79 Å². The largest absolute Gasteiger partial charge is 0.322 e. The zero-order chi connectivity index (χ0) is 20.5. The van der Waals surface area contributed by atoms with Crippen LogP contribution in [-0.2, 0) is 0 Å². The average molecular weight is 476 g/mol. The Balaban J connectivity index is 1.41. The third kappa shape index (κ3) is 3.62. The number of nitrogens with one attached hydrogen (secondary N) is 1. The summed E-state index contributed by atoms with van der Waals surface area (Å²) >= 11 is 4.98. The second kappa shape index (κ2) is 7.81. The number of carbonyl (C=O) groups is 1. The fraction of sp³-hybridized carbons (Fsp3) is 0. The standard InChI is InChI=1S/C22H14BrN5OS/c23-16-4-1-3-15(13-16)22(29)24-17-8-6-14(7-9-17)18-10-11-20-25-26-21(28(20)27-18)19-5-2-12-30-19/h1-13H,(H,24,29). The number of hydrogen-bond acceptors (Lipinski definition) is 5. The molecule has 6 nitrogen and oxygen atoms in total. The molecule has 5 aromatic rings. The molecule has 0 aliphatic heterocycles. The Kier molecular flexibility index (Phi) is 4.86. The molecule has 2 aromatic carbocycles. The van der Waals surface area contributed by atoms with Crippen molar-refractivity contribution in [1.82, 2.24) is 19.8 Å². The summed E-state index contributed by atoms with van der Waals surface area (Å²) in [6.07, 6.45) is 0. The molecule has 0 spiro atoms. The molecule has 0 aliphatic rings. The van der Waals surface area contributed by atoms with Gasteiger partial charge in [0.1, 0.15) is 0 Å². The van der Waals surface area contributed by atoms with Gasteiger partial charge in [-0.1, -0.05) is 40.2 Å². The van der Waals surface area contributed by atoms with E-state index in [4.69, 9.17) is 5.10 Å². The highest BCUT2D eigenvalue weighted by Crippen LogP contribution is 2.25. The van der Waals surface area contributed by atoms with Gasteiger partial charge in [0.05, 0.1) is 10.6 Å². The van der Waals surface area contributed by atoms with Crippen molar-refractivity contribution in [3.8, 4) is 22.0 Å². The first-order valence-electron chi connectivity index (χ1n) is 9.11. The summed E-state index contributed by atoms with van der Waals surface area (Å²) in [4.78, 5) is 13.4. The Morgan fingerprint density at radius 1 is 0.967 bits per heavy atom. The van der Waals surface area contributed by atoms with Crippen LogP contribution in [0.3, 0.4) is 0 Å². The smallest absolute Gasteiger partial charge is 0.255 e. The molecule has 3 aromatic heterocycles. The van der Waals surface area contributed by atoms with Crippen molar-refractivity contribution in [2.24, 2.45) is 0 Å². The fourth-order valence-electron chi connectivity index (χ4n) is 3.06. The van der Waals surface area contributed by atoms with Crippen LogP contribution < -0.4 is 5.32 Å². The third-order valence-electron chi connectivity index (χ3n) is 4.53. The van der Waals surface area contributed by atoms with Crippen LogP contribution in [0.4, 0.5) is 5.69 Å². The quantitative estimate of drug-likeness (QED) is 0.370. The number of hydrogen-bond donors (Lipinski definition) is 1. The Bertz CT molecular complexity index is 1350. The fourth-order valence-corrected chi connectivity index (χ4v) is 4.15. The average Bonchev–Trinajstić information content (AvgIpc) is 3.43. The minimum atomic E-state index is -0.159. The number of fused-ring (bicyclic) bond motifs is 1. The highest BCUT2D eigenvalue weighted by Gasteiger charge is 2.12. The minimum absolute atomic E-state index is 0.159. The number of thiophene rings is 1. The molecule has 1 N–H and O–H groups in total. The number of rotatable bonds is 4. The van der Waals surface area contributed by atoms with E-state index in [9.17, 15) is 4.79 Å².